The zero-order valence-corrected chi connectivity index (χ0v) is 16.0. The lowest BCUT2D eigenvalue weighted by Gasteiger charge is -2.20. The summed E-state index contributed by atoms with van der Waals surface area (Å²) >= 11 is 0. The number of carboxylic acids is 1. The highest BCUT2D eigenvalue weighted by atomic mass is 16.6. The minimum Gasteiger partial charge on any atom is -0.476 e. The van der Waals surface area contributed by atoms with E-state index in [9.17, 15) is 19.5 Å². The Morgan fingerprint density at radius 2 is 1.81 bits per heavy atom. The Balaban J connectivity index is 2.95. The first-order valence-electron chi connectivity index (χ1n) is 8.34. The third-order valence-electron chi connectivity index (χ3n) is 3.22. The zero-order chi connectivity index (χ0) is 20.1. The molecule has 1 aromatic rings. The number of aromatic carboxylic acids is 1. The molecule has 0 aliphatic heterocycles. The molecule has 0 saturated heterocycles. The SMILES string of the molecule is CC(C)CNC(=O)C(C)n1nnc(C(=O)O)c1CNC(=O)OC(C)(C)C. The highest BCUT2D eigenvalue weighted by Crippen LogP contribution is 2.14. The average Bonchev–Trinajstić information content (AvgIpc) is 2.92. The van der Waals surface area contributed by atoms with Gasteiger partial charge in [-0.05, 0) is 33.6 Å². The summed E-state index contributed by atoms with van der Waals surface area (Å²) < 4.78 is 6.31. The van der Waals surface area contributed by atoms with Crippen LogP contribution in [0.4, 0.5) is 4.79 Å². The van der Waals surface area contributed by atoms with Crippen molar-refractivity contribution < 1.29 is 24.2 Å². The number of hydrogen-bond acceptors (Lipinski definition) is 6. The molecule has 0 spiro atoms. The largest absolute Gasteiger partial charge is 0.476 e. The molecule has 1 atom stereocenters. The molecule has 1 heterocycles. The van der Waals surface area contributed by atoms with E-state index in [-0.39, 0.29) is 29.8 Å². The number of nitrogens with one attached hydrogen (secondary N) is 2. The molecule has 26 heavy (non-hydrogen) atoms. The van der Waals surface area contributed by atoms with Crippen molar-refractivity contribution in [2.45, 2.75) is 59.7 Å². The van der Waals surface area contributed by atoms with E-state index in [1.165, 1.54) is 4.68 Å². The Morgan fingerprint density at radius 1 is 1.19 bits per heavy atom. The van der Waals surface area contributed by atoms with Crippen LogP contribution in [0.15, 0.2) is 0 Å². The van der Waals surface area contributed by atoms with Gasteiger partial charge in [-0.1, -0.05) is 19.1 Å². The van der Waals surface area contributed by atoms with Gasteiger partial charge in [-0.2, -0.15) is 0 Å². The van der Waals surface area contributed by atoms with E-state index in [1.54, 1.807) is 27.7 Å². The number of aromatic nitrogens is 3. The van der Waals surface area contributed by atoms with Gasteiger partial charge in [0.05, 0.1) is 12.2 Å². The van der Waals surface area contributed by atoms with Crippen LogP contribution in [0.25, 0.3) is 0 Å². The number of ether oxygens (including phenoxy) is 1. The summed E-state index contributed by atoms with van der Waals surface area (Å²) in [6.45, 7) is 10.9. The third kappa shape index (κ3) is 6.34. The van der Waals surface area contributed by atoms with Crippen LogP contribution in [0.1, 0.15) is 63.8 Å². The maximum absolute atomic E-state index is 12.2. The molecule has 0 bridgehead atoms. The number of carbonyl (C=O) groups is 3. The fourth-order valence-corrected chi connectivity index (χ4v) is 1.99. The summed E-state index contributed by atoms with van der Waals surface area (Å²) in [5.41, 5.74) is -0.914. The maximum atomic E-state index is 12.2. The molecular weight excluding hydrogens is 342 g/mol. The fourth-order valence-electron chi connectivity index (χ4n) is 1.99. The van der Waals surface area contributed by atoms with Crippen LogP contribution in [0, 0.1) is 5.92 Å². The Hall–Kier alpha value is -2.65. The van der Waals surface area contributed by atoms with Crippen LogP contribution in [-0.2, 0) is 16.1 Å². The number of carbonyl (C=O) groups excluding carboxylic acids is 2. The van der Waals surface area contributed by atoms with Gasteiger partial charge in [-0.15, -0.1) is 5.10 Å². The lowest BCUT2D eigenvalue weighted by molar-refractivity contribution is -0.124. The van der Waals surface area contributed by atoms with Gasteiger partial charge in [-0.25, -0.2) is 14.3 Å². The molecule has 146 valence electrons. The second-order valence-electron chi connectivity index (χ2n) is 7.30. The summed E-state index contributed by atoms with van der Waals surface area (Å²) in [6.07, 6.45) is -0.710. The van der Waals surface area contributed by atoms with Gasteiger partial charge in [0, 0.05) is 6.54 Å². The predicted molar refractivity (Wildman–Crippen MR) is 92.6 cm³/mol. The Kier molecular flexibility index (Phi) is 7.10. The van der Waals surface area contributed by atoms with Gasteiger partial charge in [-0.3, -0.25) is 4.79 Å². The molecule has 0 aromatic carbocycles. The van der Waals surface area contributed by atoms with E-state index in [0.717, 1.165) is 0 Å². The molecule has 1 rings (SSSR count). The van der Waals surface area contributed by atoms with Crippen molar-refractivity contribution in [3.8, 4) is 0 Å². The van der Waals surface area contributed by atoms with E-state index in [0.29, 0.717) is 6.54 Å². The molecule has 0 aliphatic carbocycles. The highest BCUT2D eigenvalue weighted by molar-refractivity contribution is 5.87. The second kappa shape index (κ2) is 8.63. The number of amides is 2. The first-order chi connectivity index (χ1) is 11.9. The van der Waals surface area contributed by atoms with Crippen LogP contribution in [0.2, 0.25) is 0 Å². The molecule has 0 aliphatic rings. The molecule has 0 fully saturated rings. The minimum atomic E-state index is -1.30. The molecule has 10 nitrogen and oxygen atoms in total. The Bertz CT molecular complexity index is 662. The fraction of sp³-hybridized carbons (Fsp3) is 0.688. The molecule has 1 unspecified atom stereocenters. The van der Waals surface area contributed by atoms with Crippen molar-refractivity contribution in [3.05, 3.63) is 11.4 Å². The van der Waals surface area contributed by atoms with E-state index in [1.807, 2.05) is 13.8 Å². The maximum Gasteiger partial charge on any atom is 0.407 e. The second-order valence-corrected chi connectivity index (χ2v) is 7.30. The van der Waals surface area contributed by atoms with E-state index < -0.39 is 23.7 Å². The molecule has 0 saturated carbocycles. The molecule has 10 heteroatoms. The third-order valence-corrected chi connectivity index (χ3v) is 3.22. The van der Waals surface area contributed by atoms with Crippen molar-refractivity contribution >= 4 is 18.0 Å². The van der Waals surface area contributed by atoms with E-state index in [4.69, 9.17) is 4.74 Å². The van der Waals surface area contributed by atoms with Gasteiger partial charge in [0.2, 0.25) is 5.91 Å². The van der Waals surface area contributed by atoms with Crippen molar-refractivity contribution in [1.82, 2.24) is 25.6 Å². The van der Waals surface area contributed by atoms with E-state index in [2.05, 4.69) is 20.9 Å². The Labute approximate surface area is 152 Å². The summed E-state index contributed by atoms with van der Waals surface area (Å²) in [5, 5.41) is 21.9. The lowest BCUT2D eigenvalue weighted by Crippen LogP contribution is -2.36. The quantitative estimate of drug-likeness (QED) is 0.660. The van der Waals surface area contributed by atoms with Crippen LogP contribution in [-0.4, -0.2) is 50.2 Å². The number of alkyl carbamates (subject to hydrolysis) is 1. The average molecular weight is 369 g/mol. The predicted octanol–water partition coefficient (Wildman–Crippen LogP) is 1.33. The number of hydrogen-bond donors (Lipinski definition) is 3. The summed E-state index contributed by atoms with van der Waals surface area (Å²) in [5.74, 6) is -1.35. The van der Waals surface area contributed by atoms with Crippen molar-refractivity contribution in [1.29, 1.82) is 0 Å². The monoisotopic (exact) mass is 369 g/mol. The molecular formula is C16H27N5O5. The molecule has 3 N–H and O–H groups in total. The molecule has 0 radical (unpaired) electrons. The van der Waals surface area contributed by atoms with Crippen LogP contribution in [0.5, 0.6) is 0 Å². The standard InChI is InChI=1S/C16H27N5O5/c1-9(2)7-17-13(22)10(3)21-11(12(14(23)24)19-20-21)8-18-15(25)26-16(4,5)6/h9-10H,7-8H2,1-6H3,(H,17,22)(H,18,25)(H,23,24). The van der Waals surface area contributed by atoms with Gasteiger partial charge in [0.15, 0.2) is 5.69 Å². The van der Waals surface area contributed by atoms with Crippen molar-refractivity contribution in [2.24, 2.45) is 5.92 Å². The number of carboxylic acid groups (broad SMARTS) is 1. The summed E-state index contributed by atoms with van der Waals surface area (Å²) in [6, 6.07) is -0.787. The van der Waals surface area contributed by atoms with Gasteiger partial charge in [0.1, 0.15) is 11.6 Å². The molecule has 2 amide bonds. The highest BCUT2D eigenvalue weighted by Gasteiger charge is 2.26. The van der Waals surface area contributed by atoms with E-state index >= 15 is 0 Å². The van der Waals surface area contributed by atoms with Crippen molar-refractivity contribution in [3.63, 3.8) is 0 Å². The Morgan fingerprint density at radius 3 is 2.31 bits per heavy atom. The van der Waals surface area contributed by atoms with Crippen LogP contribution in [0.3, 0.4) is 0 Å². The first kappa shape index (κ1) is 21.4. The lowest BCUT2D eigenvalue weighted by atomic mass is 10.2. The van der Waals surface area contributed by atoms with Gasteiger partial charge in [0.25, 0.3) is 0 Å². The topological polar surface area (TPSA) is 135 Å². The minimum absolute atomic E-state index is 0.107. The van der Waals surface area contributed by atoms with Gasteiger partial charge >= 0.3 is 12.1 Å². The zero-order valence-electron chi connectivity index (χ0n) is 16.0. The van der Waals surface area contributed by atoms with Crippen LogP contribution >= 0.6 is 0 Å². The van der Waals surface area contributed by atoms with Crippen LogP contribution < -0.4 is 10.6 Å². The first-order valence-corrected chi connectivity index (χ1v) is 8.34. The number of nitrogens with zero attached hydrogens (tertiary/aromatic N) is 3. The number of rotatable bonds is 7. The van der Waals surface area contributed by atoms with Gasteiger partial charge < -0.3 is 20.5 Å². The summed E-state index contributed by atoms with van der Waals surface area (Å²) in [7, 11) is 0. The van der Waals surface area contributed by atoms with Crippen molar-refractivity contribution in [2.75, 3.05) is 6.54 Å². The summed E-state index contributed by atoms with van der Waals surface area (Å²) in [4.78, 5) is 35.4. The normalized spacial score (nSPS) is 12.6. The molecule has 1 aromatic heterocycles. The smallest absolute Gasteiger partial charge is 0.407 e.